The van der Waals surface area contributed by atoms with Gasteiger partial charge < -0.3 is 5.32 Å². The van der Waals surface area contributed by atoms with Crippen LogP contribution in [0, 0.1) is 18.6 Å². The predicted octanol–water partition coefficient (Wildman–Crippen LogP) is 5.18. The molecule has 1 heterocycles. The van der Waals surface area contributed by atoms with Gasteiger partial charge in [-0.1, -0.05) is 0 Å². The van der Waals surface area contributed by atoms with Crippen LogP contribution >= 0.6 is 27.3 Å². The fraction of sp³-hybridized carbons (Fsp3) is 0.333. The molecule has 0 spiro atoms. The number of hydrogen-bond acceptors (Lipinski definition) is 2. The largest absolute Gasteiger partial charge is 0.303 e. The lowest BCUT2D eigenvalue weighted by Gasteiger charge is -2.22. The Hall–Kier alpha value is -0.780. The van der Waals surface area contributed by atoms with Gasteiger partial charge in [-0.05, 0) is 59.8 Å². The molecule has 0 bridgehead atoms. The van der Waals surface area contributed by atoms with E-state index in [0.29, 0.717) is 11.1 Å². The highest BCUT2D eigenvalue weighted by atomic mass is 79.9. The molecule has 1 unspecified atom stereocenters. The van der Waals surface area contributed by atoms with Crippen LogP contribution in [0.5, 0.6) is 0 Å². The third kappa shape index (κ3) is 3.27. The number of hydrogen-bond donors (Lipinski definition) is 1. The lowest BCUT2D eigenvalue weighted by atomic mass is 10.0. The van der Waals surface area contributed by atoms with E-state index >= 15 is 0 Å². The third-order valence-electron chi connectivity index (χ3n) is 3.00. The fourth-order valence-electron chi connectivity index (χ4n) is 2.05. The Bertz CT molecular complexity index is 610. The molecule has 0 radical (unpaired) electrons. The zero-order valence-electron chi connectivity index (χ0n) is 11.5. The molecule has 1 aromatic carbocycles. The van der Waals surface area contributed by atoms with Crippen molar-refractivity contribution < 1.29 is 8.78 Å². The summed E-state index contributed by atoms with van der Waals surface area (Å²) in [5.41, 5.74) is 0.922. The molecule has 1 atom stereocenters. The smallest absolute Gasteiger partial charge is 0.131 e. The van der Waals surface area contributed by atoms with Crippen LogP contribution in [-0.4, -0.2) is 6.04 Å². The highest BCUT2D eigenvalue weighted by molar-refractivity contribution is 9.10. The summed E-state index contributed by atoms with van der Waals surface area (Å²) in [5, 5.41) is 5.29. The summed E-state index contributed by atoms with van der Waals surface area (Å²) in [6.45, 7) is 5.65. The van der Waals surface area contributed by atoms with E-state index in [4.69, 9.17) is 0 Å². The molecule has 0 fully saturated rings. The van der Waals surface area contributed by atoms with Gasteiger partial charge in [-0.2, -0.15) is 0 Å². The first-order valence-corrected chi connectivity index (χ1v) is 8.02. The second-order valence-corrected chi connectivity index (χ2v) is 6.81. The SMILES string of the molecule is Cc1cc(C(NC(C)C)c2sccc2Br)c(F)cc1F. The predicted molar refractivity (Wildman–Crippen MR) is 83.2 cm³/mol. The Morgan fingerprint density at radius 2 is 1.90 bits per heavy atom. The molecular weight excluding hydrogens is 344 g/mol. The molecule has 0 saturated heterocycles. The van der Waals surface area contributed by atoms with E-state index in [1.54, 1.807) is 24.3 Å². The minimum absolute atomic E-state index is 0.179. The second kappa shape index (κ2) is 6.33. The van der Waals surface area contributed by atoms with Gasteiger partial charge >= 0.3 is 0 Å². The summed E-state index contributed by atoms with van der Waals surface area (Å²) in [6.07, 6.45) is 0. The maximum Gasteiger partial charge on any atom is 0.131 e. The molecule has 1 N–H and O–H groups in total. The maximum absolute atomic E-state index is 14.2. The zero-order chi connectivity index (χ0) is 14.9. The van der Waals surface area contributed by atoms with E-state index in [0.717, 1.165) is 15.4 Å². The Morgan fingerprint density at radius 1 is 1.20 bits per heavy atom. The van der Waals surface area contributed by atoms with Gasteiger partial charge in [-0.3, -0.25) is 0 Å². The van der Waals surface area contributed by atoms with Crippen LogP contribution in [-0.2, 0) is 0 Å². The molecule has 20 heavy (non-hydrogen) atoms. The van der Waals surface area contributed by atoms with Gasteiger partial charge in [-0.15, -0.1) is 11.3 Å². The van der Waals surface area contributed by atoms with Crippen molar-refractivity contribution in [2.45, 2.75) is 32.9 Å². The summed E-state index contributed by atoms with van der Waals surface area (Å²) in [5.74, 6) is -1.04. The van der Waals surface area contributed by atoms with Crippen molar-refractivity contribution in [1.29, 1.82) is 0 Å². The normalized spacial score (nSPS) is 12.9. The number of rotatable bonds is 4. The van der Waals surface area contributed by atoms with Crippen LogP contribution in [0.2, 0.25) is 0 Å². The summed E-state index contributed by atoms with van der Waals surface area (Å²) >= 11 is 5.03. The van der Waals surface area contributed by atoms with Gasteiger partial charge in [-0.25, -0.2) is 8.78 Å². The molecule has 0 saturated carbocycles. The Balaban J connectivity index is 2.52. The molecule has 0 aliphatic carbocycles. The molecule has 0 aliphatic rings. The van der Waals surface area contributed by atoms with E-state index in [9.17, 15) is 8.78 Å². The van der Waals surface area contributed by atoms with Gasteiger partial charge in [0.25, 0.3) is 0 Å². The van der Waals surface area contributed by atoms with Crippen molar-refractivity contribution in [3.8, 4) is 0 Å². The zero-order valence-corrected chi connectivity index (χ0v) is 13.9. The van der Waals surface area contributed by atoms with E-state index in [1.165, 1.54) is 0 Å². The monoisotopic (exact) mass is 359 g/mol. The van der Waals surface area contributed by atoms with Gasteiger partial charge in [0.1, 0.15) is 11.6 Å². The molecule has 0 aliphatic heterocycles. The van der Waals surface area contributed by atoms with Crippen molar-refractivity contribution in [1.82, 2.24) is 5.32 Å². The highest BCUT2D eigenvalue weighted by Gasteiger charge is 2.23. The maximum atomic E-state index is 14.2. The molecule has 0 amide bonds. The number of thiophene rings is 1. The minimum atomic E-state index is -0.522. The average molecular weight is 360 g/mol. The van der Waals surface area contributed by atoms with Crippen LogP contribution in [0.4, 0.5) is 8.78 Å². The lowest BCUT2D eigenvalue weighted by molar-refractivity contribution is 0.499. The van der Waals surface area contributed by atoms with E-state index < -0.39 is 11.6 Å². The number of aryl methyl sites for hydroxylation is 1. The first-order chi connectivity index (χ1) is 9.40. The minimum Gasteiger partial charge on any atom is -0.303 e. The standard InChI is InChI=1S/C15H16BrF2NS/c1-8(2)19-14(15-11(16)4-5-20-15)10-6-9(3)12(17)7-13(10)18/h4-8,14,19H,1-3H3. The van der Waals surface area contributed by atoms with Crippen LogP contribution in [0.1, 0.15) is 35.9 Å². The van der Waals surface area contributed by atoms with Gasteiger partial charge in [0.05, 0.1) is 6.04 Å². The Kier molecular flexibility index (Phi) is 4.94. The first kappa shape index (κ1) is 15.6. The van der Waals surface area contributed by atoms with Gasteiger partial charge in [0.2, 0.25) is 0 Å². The molecule has 5 heteroatoms. The topological polar surface area (TPSA) is 12.0 Å². The van der Waals surface area contributed by atoms with Crippen LogP contribution in [0.15, 0.2) is 28.1 Å². The number of halogens is 3. The van der Waals surface area contributed by atoms with Crippen LogP contribution in [0.25, 0.3) is 0 Å². The second-order valence-electron chi connectivity index (χ2n) is 5.01. The molecule has 2 aromatic rings. The third-order valence-corrected chi connectivity index (χ3v) is 4.93. The summed E-state index contributed by atoms with van der Waals surface area (Å²) in [6, 6.07) is 4.36. The molecule has 2 rings (SSSR count). The van der Waals surface area contributed by atoms with E-state index in [-0.39, 0.29) is 12.1 Å². The van der Waals surface area contributed by atoms with Crippen molar-refractivity contribution in [2.75, 3.05) is 0 Å². The molecule has 108 valence electrons. The molecule has 1 nitrogen and oxygen atoms in total. The number of nitrogens with one attached hydrogen (secondary N) is 1. The number of benzene rings is 1. The first-order valence-electron chi connectivity index (χ1n) is 6.34. The summed E-state index contributed by atoms with van der Waals surface area (Å²) in [4.78, 5) is 0.989. The average Bonchev–Trinajstić information content (AvgIpc) is 2.77. The lowest BCUT2D eigenvalue weighted by Crippen LogP contribution is -2.29. The van der Waals surface area contributed by atoms with Crippen molar-refractivity contribution in [3.63, 3.8) is 0 Å². The van der Waals surface area contributed by atoms with Gasteiger partial charge in [0.15, 0.2) is 0 Å². The molecule has 1 aromatic heterocycles. The summed E-state index contributed by atoms with van der Waals surface area (Å²) in [7, 11) is 0. The fourth-order valence-corrected chi connectivity index (χ4v) is 3.73. The summed E-state index contributed by atoms with van der Waals surface area (Å²) < 4.78 is 28.5. The quantitative estimate of drug-likeness (QED) is 0.792. The molecular formula is C15H16BrF2NS. The van der Waals surface area contributed by atoms with Crippen LogP contribution in [0.3, 0.4) is 0 Å². The van der Waals surface area contributed by atoms with E-state index in [2.05, 4.69) is 21.2 Å². The Morgan fingerprint density at radius 3 is 2.45 bits per heavy atom. The van der Waals surface area contributed by atoms with Crippen molar-refractivity contribution in [3.05, 3.63) is 55.7 Å². The van der Waals surface area contributed by atoms with Crippen LogP contribution < -0.4 is 5.32 Å². The van der Waals surface area contributed by atoms with Crippen molar-refractivity contribution in [2.24, 2.45) is 0 Å². The van der Waals surface area contributed by atoms with Crippen molar-refractivity contribution >= 4 is 27.3 Å². The highest BCUT2D eigenvalue weighted by Crippen LogP contribution is 2.35. The van der Waals surface area contributed by atoms with Gasteiger partial charge in [0, 0.05) is 27.0 Å². The van der Waals surface area contributed by atoms with E-state index in [1.807, 2.05) is 25.3 Å². The Labute approximate surface area is 130 Å².